The Morgan fingerprint density at radius 3 is 2.48 bits per heavy atom. The van der Waals surface area contributed by atoms with Crippen molar-refractivity contribution >= 4 is 11.5 Å². The van der Waals surface area contributed by atoms with Crippen molar-refractivity contribution in [3.63, 3.8) is 0 Å². The molecule has 2 rings (SSSR count). The summed E-state index contributed by atoms with van der Waals surface area (Å²) in [7, 11) is 0. The predicted octanol–water partition coefficient (Wildman–Crippen LogP) is 4.22. The molecule has 1 unspecified atom stereocenters. The fourth-order valence-corrected chi connectivity index (χ4v) is 2.66. The molecule has 0 saturated carbocycles. The fraction of sp³-hybridized carbons (Fsp3) is 0.375. The second kappa shape index (κ2) is 16.8. The maximum absolute atomic E-state index is 13.5. The van der Waals surface area contributed by atoms with E-state index in [1.807, 2.05) is 44.5 Å². The van der Waals surface area contributed by atoms with Gasteiger partial charge in [0.2, 0.25) is 0 Å². The normalized spacial score (nSPS) is 11.1. The first kappa shape index (κ1) is 28.0. The van der Waals surface area contributed by atoms with Gasteiger partial charge in [0.05, 0.1) is 0 Å². The molecule has 29 heavy (non-hydrogen) atoms. The Balaban J connectivity index is 0.000000568. The minimum absolute atomic E-state index is 0. The van der Waals surface area contributed by atoms with Gasteiger partial charge in [-0.2, -0.15) is 0 Å². The first-order valence-electron chi connectivity index (χ1n) is 9.84. The van der Waals surface area contributed by atoms with Crippen molar-refractivity contribution in [2.75, 3.05) is 0 Å². The maximum atomic E-state index is 13.5. The summed E-state index contributed by atoms with van der Waals surface area (Å²) in [5.74, 6) is 0.250. The molecule has 0 spiro atoms. The minimum atomic E-state index is -0.174. The van der Waals surface area contributed by atoms with Gasteiger partial charge in [0.15, 0.2) is 0 Å². The van der Waals surface area contributed by atoms with Crippen LogP contribution in [0.4, 0.5) is 10.1 Å². The van der Waals surface area contributed by atoms with E-state index in [0.29, 0.717) is 18.4 Å². The average molecular weight is 422 g/mol. The van der Waals surface area contributed by atoms with Gasteiger partial charge in [0, 0.05) is 25.2 Å². The minimum Gasteiger partial charge on any atom is -0.749 e. The smallest absolute Gasteiger partial charge is 0.749 e. The topological polar surface area (TPSA) is 44.1 Å². The van der Waals surface area contributed by atoms with Crippen LogP contribution in [0.1, 0.15) is 63.5 Å². The number of rotatable bonds is 9. The Bertz CT molecular complexity index is 735. The monoisotopic (exact) mass is 421 g/mol. The fourth-order valence-electron chi connectivity index (χ4n) is 2.66. The number of halogens is 1. The summed E-state index contributed by atoms with van der Waals surface area (Å²) in [6, 6.07) is 9.05. The Kier molecular flexibility index (Phi) is 16.2. The summed E-state index contributed by atoms with van der Waals surface area (Å²) in [6.45, 7) is 7.68. The van der Waals surface area contributed by atoms with Crippen LogP contribution in [0, 0.1) is 19.2 Å². The standard InChI is InChI=1S/C15H21FO.C9H10N2.K/c1-4-6-12(9-14(17)5-2)13-8-7-11(3)15(16)10-13;1-2-3-6-11-9-4-7-10-8-5-9;/h7-8,10,12H,4-6,9H2,1-3H3;2-8H,1H3;/q;-2;+1/b;6-3-;. The van der Waals surface area contributed by atoms with E-state index in [1.54, 1.807) is 37.7 Å². The molecule has 0 N–H and O–H groups in total. The Hall–Kier alpha value is -0.984. The summed E-state index contributed by atoms with van der Waals surface area (Å²) < 4.78 is 13.5. The molecule has 1 aromatic carbocycles. The van der Waals surface area contributed by atoms with Crippen LogP contribution in [0.3, 0.4) is 0 Å². The van der Waals surface area contributed by atoms with Gasteiger partial charge in [-0.05, 0) is 36.5 Å². The molecule has 0 aliphatic rings. The maximum Gasteiger partial charge on any atom is 1.00 e. The first-order valence-corrected chi connectivity index (χ1v) is 9.84. The van der Waals surface area contributed by atoms with Crippen molar-refractivity contribution in [3.8, 4) is 0 Å². The van der Waals surface area contributed by atoms with Crippen molar-refractivity contribution in [2.45, 2.75) is 59.3 Å². The summed E-state index contributed by atoms with van der Waals surface area (Å²) in [5.41, 5.74) is 2.54. The molecule has 2 aromatic rings. The summed E-state index contributed by atoms with van der Waals surface area (Å²) in [5, 5.41) is 4.14. The van der Waals surface area contributed by atoms with Crippen molar-refractivity contribution in [1.29, 1.82) is 0 Å². The zero-order chi connectivity index (χ0) is 20.8. The van der Waals surface area contributed by atoms with E-state index in [0.717, 1.165) is 24.1 Å². The molecule has 0 amide bonds. The molecule has 0 aliphatic carbocycles. The molecular formula is C24H31FKN2O-. The van der Waals surface area contributed by atoms with E-state index in [2.05, 4.69) is 17.2 Å². The molecule has 0 bridgehead atoms. The van der Waals surface area contributed by atoms with Gasteiger partial charge >= 0.3 is 51.4 Å². The largest absolute Gasteiger partial charge is 1.00 e. The molecule has 0 radical (unpaired) electrons. The summed E-state index contributed by atoms with van der Waals surface area (Å²) in [4.78, 5) is 15.4. The third-order valence-corrected chi connectivity index (χ3v) is 4.34. The van der Waals surface area contributed by atoms with Crippen LogP contribution in [0.15, 0.2) is 55.0 Å². The molecule has 152 valence electrons. The Morgan fingerprint density at radius 1 is 1.24 bits per heavy atom. The molecule has 5 heteroatoms. The van der Waals surface area contributed by atoms with E-state index in [-0.39, 0.29) is 68.9 Å². The number of nitrogens with zero attached hydrogens (tertiary/aromatic N) is 2. The van der Waals surface area contributed by atoms with Gasteiger partial charge in [-0.15, -0.1) is 12.6 Å². The van der Waals surface area contributed by atoms with Crippen molar-refractivity contribution in [2.24, 2.45) is 0 Å². The van der Waals surface area contributed by atoms with Crippen molar-refractivity contribution < 1.29 is 60.6 Å². The number of allylic oxidation sites excluding steroid dienone is 1. The first-order chi connectivity index (χ1) is 13.5. The average Bonchev–Trinajstić information content (AvgIpc) is 2.71. The number of hydrogen-bond donors (Lipinski definition) is 0. The third-order valence-electron chi connectivity index (χ3n) is 4.34. The van der Waals surface area contributed by atoms with E-state index >= 15 is 0 Å². The van der Waals surface area contributed by atoms with Gasteiger partial charge in [-0.3, -0.25) is 15.9 Å². The van der Waals surface area contributed by atoms with Crippen LogP contribution in [0.5, 0.6) is 0 Å². The second-order valence-electron chi connectivity index (χ2n) is 6.60. The molecule has 3 nitrogen and oxygen atoms in total. The molecular weight excluding hydrogens is 390 g/mol. The number of benzene rings is 1. The Labute approximate surface area is 218 Å². The van der Waals surface area contributed by atoms with E-state index in [9.17, 15) is 9.18 Å². The van der Waals surface area contributed by atoms with Crippen LogP contribution in [0.2, 0.25) is 0 Å². The van der Waals surface area contributed by atoms with Gasteiger partial charge in [-0.25, -0.2) is 10.8 Å². The number of ketones is 1. The van der Waals surface area contributed by atoms with E-state index in [1.165, 1.54) is 0 Å². The van der Waals surface area contributed by atoms with Gasteiger partial charge in [0.1, 0.15) is 11.6 Å². The summed E-state index contributed by atoms with van der Waals surface area (Å²) >= 11 is 0. The quantitative estimate of drug-likeness (QED) is 0.450. The van der Waals surface area contributed by atoms with Crippen LogP contribution in [-0.4, -0.2) is 10.8 Å². The number of hydrogen-bond acceptors (Lipinski definition) is 2. The predicted molar refractivity (Wildman–Crippen MR) is 115 cm³/mol. The van der Waals surface area contributed by atoms with Gasteiger partial charge in [-0.1, -0.05) is 44.5 Å². The van der Waals surface area contributed by atoms with Crippen LogP contribution < -0.4 is 51.4 Å². The molecule has 0 aliphatic heterocycles. The van der Waals surface area contributed by atoms with Crippen molar-refractivity contribution in [3.05, 3.63) is 83.7 Å². The molecule has 0 fully saturated rings. The number of aromatic nitrogens is 1. The number of Topliss-reactive ketones (excluding diaryl/α,β-unsaturated/α-hetero) is 1. The molecule has 1 heterocycles. The Morgan fingerprint density at radius 2 is 1.93 bits per heavy atom. The van der Waals surface area contributed by atoms with Crippen molar-refractivity contribution in [1.82, 2.24) is 4.98 Å². The van der Waals surface area contributed by atoms with E-state index in [4.69, 9.17) is 0 Å². The van der Waals surface area contributed by atoms with Gasteiger partial charge < -0.3 is 11.5 Å². The SMILES string of the molecule is CCCC(CC(=O)CC)c1ccc(C)c(F)c1.C[CH-]/C=C\[N-]c1ccncc1.[K+]. The van der Waals surface area contributed by atoms with Crippen LogP contribution >= 0.6 is 0 Å². The number of carbonyl (C=O) groups is 1. The van der Waals surface area contributed by atoms with Crippen LogP contribution in [-0.2, 0) is 4.79 Å². The van der Waals surface area contributed by atoms with Crippen LogP contribution in [0.25, 0.3) is 5.32 Å². The molecule has 1 atom stereocenters. The zero-order valence-corrected chi connectivity index (χ0v) is 21.5. The van der Waals surface area contributed by atoms with E-state index < -0.39 is 0 Å². The number of pyridine rings is 1. The number of carbonyl (C=O) groups excluding carboxylic acids is 1. The second-order valence-corrected chi connectivity index (χ2v) is 6.60. The third kappa shape index (κ3) is 11.7. The molecule has 1 aromatic heterocycles. The zero-order valence-electron chi connectivity index (χ0n) is 18.4. The number of aryl methyl sites for hydroxylation is 1. The summed E-state index contributed by atoms with van der Waals surface area (Å²) in [6.07, 6.45) is 12.1. The van der Waals surface area contributed by atoms with Gasteiger partial charge in [0.25, 0.3) is 0 Å². The molecule has 0 saturated heterocycles.